The van der Waals surface area contributed by atoms with Gasteiger partial charge >= 0.3 is 12.2 Å². The molecule has 4 atom stereocenters. The molecule has 2 unspecified atom stereocenters. The molecule has 0 spiro atoms. The lowest BCUT2D eigenvalue weighted by Crippen LogP contribution is -2.52. The zero-order valence-corrected chi connectivity index (χ0v) is 26.3. The summed E-state index contributed by atoms with van der Waals surface area (Å²) in [4.78, 5) is 67.5. The van der Waals surface area contributed by atoms with Crippen molar-refractivity contribution < 1.29 is 42.2 Å². The number of ether oxygens (including phenoxy) is 2. The largest absolute Gasteiger partial charge is 0.444 e. The van der Waals surface area contributed by atoms with Gasteiger partial charge in [-0.15, -0.1) is 0 Å². The van der Waals surface area contributed by atoms with Crippen LogP contribution in [-0.2, 0) is 37.1 Å². The zero-order valence-electron chi connectivity index (χ0n) is 26.3. The van der Waals surface area contributed by atoms with Crippen LogP contribution in [0.4, 0.5) is 29.7 Å². The van der Waals surface area contributed by atoms with Gasteiger partial charge in [0.2, 0.25) is 18.1 Å². The number of hydrogen-bond donors (Lipinski definition) is 0. The van der Waals surface area contributed by atoms with Crippen molar-refractivity contribution in [1.82, 2.24) is 0 Å². The molecule has 0 aliphatic rings. The Balaban J connectivity index is 1.49. The van der Waals surface area contributed by atoms with E-state index >= 15 is 8.78 Å². The summed E-state index contributed by atoms with van der Waals surface area (Å²) in [7, 11) is 0. The molecule has 248 valence electrons. The number of carbonyl (C=O) groups excluding carboxylic acids is 5. The van der Waals surface area contributed by atoms with Gasteiger partial charge in [-0.3, -0.25) is 24.2 Å². The Hall–Kier alpha value is -5.71. The highest BCUT2D eigenvalue weighted by molar-refractivity contribution is 6.19. The number of ketones is 3. The first-order valence-corrected chi connectivity index (χ1v) is 15.1. The van der Waals surface area contributed by atoms with Crippen LogP contribution in [0.25, 0.3) is 0 Å². The number of carbonyl (C=O) groups is 5. The first kappa shape index (κ1) is 35.1. The zero-order chi connectivity index (χ0) is 34.6. The minimum Gasteiger partial charge on any atom is -0.444 e. The Bertz CT molecular complexity index is 1570. The van der Waals surface area contributed by atoms with E-state index in [-0.39, 0.29) is 24.6 Å². The molecule has 4 aromatic rings. The van der Waals surface area contributed by atoms with Gasteiger partial charge < -0.3 is 9.47 Å². The monoisotopic (exact) mass is 656 g/mol. The van der Waals surface area contributed by atoms with Crippen LogP contribution in [0.1, 0.15) is 25.0 Å². The van der Waals surface area contributed by atoms with Crippen molar-refractivity contribution in [2.75, 3.05) is 9.80 Å². The molecule has 48 heavy (non-hydrogen) atoms. The van der Waals surface area contributed by atoms with Crippen molar-refractivity contribution >= 4 is 40.9 Å². The number of para-hydroxylation sites is 2. The van der Waals surface area contributed by atoms with E-state index in [0.717, 1.165) is 23.6 Å². The number of rotatable bonds is 14. The van der Waals surface area contributed by atoms with E-state index in [1.165, 1.54) is 24.3 Å². The highest BCUT2D eigenvalue weighted by Gasteiger charge is 2.44. The maximum absolute atomic E-state index is 15.5. The fourth-order valence-corrected chi connectivity index (χ4v) is 4.82. The molecule has 0 radical (unpaired) electrons. The van der Waals surface area contributed by atoms with Gasteiger partial charge in [0.1, 0.15) is 13.2 Å². The van der Waals surface area contributed by atoms with Gasteiger partial charge in [0, 0.05) is 11.4 Å². The molecule has 9 nitrogen and oxygen atoms in total. The van der Waals surface area contributed by atoms with Crippen molar-refractivity contribution in [2.24, 2.45) is 0 Å². The SMILES string of the molecule is C[C@@H](C(=O)C(F)C(=O)C(F)C(=O)[C@H](C)N(C(=O)OCc1ccccc1)c1ccccc1)N(C(=O)OCc1ccccc1)c1ccccc1. The molecular formula is C37H34F2N2O7. The molecule has 0 saturated heterocycles. The third-order valence-electron chi connectivity index (χ3n) is 7.47. The fraction of sp³-hybridized carbons (Fsp3) is 0.216. The summed E-state index contributed by atoms with van der Waals surface area (Å²) in [5.41, 5.74) is 1.62. The van der Waals surface area contributed by atoms with Gasteiger partial charge in [-0.25, -0.2) is 18.4 Å². The first-order valence-electron chi connectivity index (χ1n) is 15.1. The summed E-state index contributed by atoms with van der Waals surface area (Å²) in [6.45, 7) is 2.01. The van der Waals surface area contributed by atoms with Gasteiger partial charge in [0.15, 0.2) is 11.6 Å². The van der Waals surface area contributed by atoms with E-state index in [9.17, 15) is 24.0 Å². The van der Waals surface area contributed by atoms with E-state index in [4.69, 9.17) is 9.47 Å². The predicted molar refractivity (Wildman–Crippen MR) is 175 cm³/mol. The van der Waals surface area contributed by atoms with Gasteiger partial charge in [0.25, 0.3) is 0 Å². The molecule has 11 heteroatoms. The minimum atomic E-state index is -3.12. The number of anilines is 2. The lowest BCUT2D eigenvalue weighted by Gasteiger charge is -2.29. The van der Waals surface area contributed by atoms with E-state index in [2.05, 4.69) is 0 Å². The van der Waals surface area contributed by atoms with Crippen molar-refractivity contribution in [3.8, 4) is 0 Å². The van der Waals surface area contributed by atoms with Crippen LogP contribution >= 0.6 is 0 Å². The second kappa shape index (κ2) is 16.7. The Morgan fingerprint density at radius 3 is 1.10 bits per heavy atom. The average molecular weight is 657 g/mol. The number of amides is 2. The van der Waals surface area contributed by atoms with Gasteiger partial charge in [-0.2, -0.15) is 0 Å². The van der Waals surface area contributed by atoms with E-state index in [1.54, 1.807) is 97.1 Å². The van der Waals surface area contributed by atoms with Crippen molar-refractivity contribution in [3.05, 3.63) is 132 Å². The summed E-state index contributed by atoms with van der Waals surface area (Å²) < 4.78 is 41.8. The summed E-state index contributed by atoms with van der Waals surface area (Å²) in [6.07, 6.45) is -8.26. The molecule has 0 heterocycles. The normalized spacial score (nSPS) is 13.2. The molecule has 2 amide bonds. The van der Waals surface area contributed by atoms with Gasteiger partial charge in [0.05, 0.1) is 12.1 Å². The molecule has 0 aliphatic heterocycles. The number of halogens is 2. The highest BCUT2D eigenvalue weighted by atomic mass is 19.1. The Morgan fingerprint density at radius 1 is 0.500 bits per heavy atom. The Morgan fingerprint density at radius 2 is 0.792 bits per heavy atom. The van der Waals surface area contributed by atoms with E-state index < -0.39 is 54.0 Å². The maximum Gasteiger partial charge on any atom is 0.415 e. The van der Waals surface area contributed by atoms with Gasteiger partial charge in [-0.1, -0.05) is 97.1 Å². The fourth-order valence-electron chi connectivity index (χ4n) is 4.82. The molecule has 4 aromatic carbocycles. The topological polar surface area (TPSA) is 110 Å². The molecule has 0 saturated carbocycles. The summed E-state index contributed by atoms with van der Waals surface area (Å²) in [5.74, 6) is -4.89. The third kappa shape index (κ3) is 8.75. The second-order valence-electron chi connectivity index (χ2n) is 10.8. The second-order valence-corrected chi connectivity index (χ2v) is 10.8. The highest BCUT2D eigenvalue weighted by Crippen LogP contribution is 2.24. The van der Waals surface area contributed by atoms with Crippen molar-refractivity contribution in [1.29, 1.82) is 0 Å². The molecule has 0 aromatic heterocycles. The first-order chi connectivity index (χ1) is 23.1. The van der Waals surface area contributed by atoms with E-state index in [0.29, 0.717) is 11.1 Å². The third-order valence-corrected chi connectivity index (χ3v) is 7.47. The standard InChI is InChI=1S/C37H34F2N2O7/c1-25(40(29-19-11-5-12-20-29)36(45)47-23-27-15-7-3-8-16-27)33(42)31(38)35(44)32(39)34(43)26(2)41(30-21-13-6-14-22-30)37(46)48-24-28-17-9-4-10-18-28/h3-22,25-26,31-32H,23-24H2,1-2H3/t25-,26-,31?,32?/m0/s1. The Kier molecular flexibility index (Phi) is 12.3. The van der Waals surface area contributed by atoms with Crippen LogP contribution in [0.15, 0.2) is 121 Å². The molecular weight excluding hydrogens is 622 g/mol. The quantitative estimate of drug-likeness (QED) is 0.137. The molecule has 0 aliphatic carbocycles. The predicted octanol–water partition coefficient (Wildman–Crippen LogP) is 6.83. The minimum absolute atomic E-state index is 0.157. The van der Waals surface area contributed by atoms with Crippen LogP contribution < -0.4 is 9.80 Å². The number of Topliss-reactive ketones (excluding diaryl/α,β-unsaturated/α-hetero) is 3. The lowest BCUT2D eigenvalue weighted by atomic mass is 9.97. The summed E-state index contributed by atoms with van der Waals surface area (Å²) in [6, 6.07) is 29.6. The molecule has 4 rings (SSSR count). The molecule has 0 bridgehead atoms. The average Bonchev–Trinajstić information content (AvgIpc) is 3.13. The Labute approximate surface area is 276 Å². The number of benzene rings is 4. The smallest absolute Gasteiger partial charge is 0.415 e. The summed E-state index contributed by atoms with van der Waals surface area (Å²) >= 11 is 0. The van der Waals surface area contributed by atoms with Crippen LogP contribution in [-0.4, -0.2) is 54.0 Å². The van der Waals surface area contributed by atoms with Crippen LogP contribution in [0.5, 0.6) is 0 Å². The van der Waals surface area contributed by atoms with Crippen LogP contribution in [0, 0.1) is 0 Å². The lowest BCUT2D eigenvalue weighted by molar-refractivity contribution is -0.141. The van der Waals surface area contributed by atoms with Crippen LogP contribution in [0.3, 0.4) is 0 Å². The van der Waals surface area contributed by atoms with Crippen LogP contribution in [0.2, 0.25) is 0 Å². The van der Waals surface area contributed by atoms with E-state index in [1.807, 2.05) is 0 Å². The van der Waals surface area contributed by atoms with Crippen molar-refractivity contribution in [3.63, 3.8) is 0 Å². The van der Waals surface area contributed by atoms with Gasteiger partial charge in [-0.05, 0) is 49.2 Å². The van der Waals surface area contributed by atoms with Crippen molar-refractivity contribution in [2.45, 2.75) is 51.5 Å². The number of alkyl halides is 2. The number of nitrogens with zero attached hydrogens (tertiary/aromatic N) is 2. The maximum atomic E-state index is 15.5. The molecule has 0 N–H and O–H groups in total. The number of hydrogen-bond acceptors (Lipinski definition) is 7. The molecule has 0 fully saturated rings. The summed E-state index contributed by atoms with van der Waals surface area (Å²) in [5, 5.41) is 0.